The second-order valence-electron chi connectivity index (χ2n) is 4.61. The van der Waals surface area contributed by atoms with Crippen molar-refractivity contribution in [3.63, 3.8) is 0 Å². The van der Waals surface area contributed by atoms with Crippen LogP contribution in [0.1, 0.15) is 33.1 Å². The first-order chi connectivity index (χ1) is 7.66. The highest BCUT2D eigenvalue weighted by Gasteiger charge is 2.25. The molecular weight excluding hydrogens is 202 g/mol. The van der Waals surface area contributed by atoms with E-state index in [1.807, 2.05) is 6.92 Å². The van der Waals surface area contributed by atoms with E-state index in [0.29, 0.717) is 6.04 Å². The molecule has 0 aromatic rings. The lowest BCUT2D eigenvalue weighted by Crippen LogP contribution is -2.50. The van der Waals surface area contributed by atoms with Gasteiger partial charge in [0.15, 0.2) is 0 Å². The van der Waals surface area contributed by atoms with Crippen LogP contribution < -0.4 is 10.6 Å². The van der Waals surface area contributed by atoms with Crippen LogP contribution in [-0.4, -0.2) is 49.6 Å². The first-order valence-electron chi connectivity index (χ1n) is 6.37. The SMILES string of the molecule is CCCNC(=O)C(C)N(C)C1CCNCC1. The van der Waals surface area contributed by atoms with Crippen LogP contribution >= 0.6 is 0 Å². The van der Waals surface area contributed by atoms with Crippen LogP contribution in [0.2, 0.25) is 0 Å². The van der Waals surface area contributed by atoms with E-state index < -0.39 is 0 Å². The van der Waals surface area contributed by atoms with Gasteiger partial charge in [-0.15, -0.1) is 0 Å². The Bertz CT molecular complexity index is 214. The van der Waals surface area contributed by atoms with Gasteiger partial charge in [0.25, 0.3) is 0 Å². The molecule has 1 unspecified atom stereocenters. The van der Waals surface area contributed by atoms with Gasteiger partial charge < -0.3 is 10.6 Å². The summed E-state index contributed by atoms with van der Waals surface area (Å²) in [6, 6.07) is 0.526. The second kappa shape index (κ2) is 6.86. The van der Waals surface area contributed by atoms with Crippen LogP contribution in [0.3, 0.4) is 0 Å². The fraction of sp³-hybridized carbons (Fsp3) is 0.917. The summed E-state index contributed by atoms with van der Waals surface area (Å²) in [6.07, 6.45) is 3.28. The number of likely N-dealkylation sites (N-methyl/N-ethyl adjacent to an activating group) is 1. The zero-order valence-electron chi connectivity index (χ0n) is 10.8. The summed E-state index contributed by atoms with van der Waals surface area (Å²) >= 11 is 0. The van der Waals surface area contributed by atoms with Crippen molar-refractivity contribution in [2.75, 3.05) is 26.7 Å². The third-order valence-corrected chi connectivity index (χ3v) is 3.42. The van der Waals surface area contributed by atoms with Crippen LogP contribution in [-0.2, 0) is 4.79 Å². The number of carbonyl (C=O) groups is 1. The zero-order valence-corrected chi connectivity index (χ0v) is 10.8. The fourth-order valence-electron chi connectivity index (χ4n) is 2.11. The molecule has 0 saturated carbocycles. The average Bonchev–Trinajstić information content (AvgIpc) is 2.35. The molecule has 0 radical (unpaired) electrons. The number of rotatable bonds is 5. The van der Waals surface area contributed by atoms with E-state index in [1.54, 1.807) is 0 Å². The lowest BCUT2D eigenvalue weighted by Gasteiger charge is -2.35. The van der Waals surface area contributed by atoms with E-state index in [0.717, 1.165) is 38.9 Å². The lowest BCUT2D eigenvalue weighted by molar-refractivity contribution is -0.126. The highest BCUT2D eigenvalue weighted by molar-refractivity contribution is 5.81. The quantitative estimate of drug-likeness (QED) is 0.722. The Labute approximate surface area is 98.8 Å². The van der Waals surface area contributed by atoms with E-state index in [9.17, 15) is 4.79 Å². The maximum atomic E-state index is 11.8. The highest BCUT2D eigenvalue weighted by atomic mass is 16.2. The van der Waals surface area contributed by atoms with E-state index in [-0.39, 0.29) is 11.9 Å². The summed E-state index contributed by atoms with van der Waals surface area (Å²) in [6.45, 7) is 6.98. The van der Waals surface area contributed by atoms with Crippen LogP contribution in [0, 0.1) is 0 Å². The molecule has 16 heavy (non-hydrogen) atoms. The molecule has 1 aliphatic rings. The Morgan fingerprint density at radius 3 is 2.69 bits per heavy atom. The molecule has 1 aliphatic heterocycles. The van der Waals surface area contributed by atoms with E-state index >= 15 is 0 Å². The van der Waals surface area contributed by atoms with Gasteiger partial charge in [0.1, 0.15) is 0 Å². The van der Waals surface area contributed by atoms with Crippen LogP contribution in [0.4, 0.5) is 0 Å². The molecule has 1 heterocycles. The number of amides is 1. The Morgan fingerprint density at radius 2 is 2.12 bits per heavy atom. The molecule has 94 valence electrons. The van der Waals surface area contributed by atoms with Gasteiger partial charge in [-0.3, -0.25) is 9.69 Å². The van der Waals surface area contributed by atoms with E-state index in [2.05, 4.69) is 29.5 Å². The number of hydrogen-bond donors (Lipinski definition) is 2. The molecule has 1 fully saturated rings. The van der Waals surface area contributed by atoms with Gasteiger partial charge in [-0.1, -0.05) is 6.92 Å². The molecule has 1 amide bonds. The van der Waals surface area contributed by atoms with Gasteiger partial charge in [0.2, 0.25) is 5.91 Å². The molecule has 4 heteroatoms. The standard InChI is InChI=1S/C12H25N3O/c1-4-7-14-12(16)10(2)15(3)11-5-8-13-9-6-11/h10-11,13H,4-9H2,1-3H3,(H,14,16). The Kier molecular flexibility index (Phi) is 5.77. The second-order valence-corrected chi connectivity index (χ2v) is 4.61. The summed E-state index contributed by atoms with van der Waals surface area (Å²) in [5, 5.41) is 6.30. The topological polar surface area (TPSA) is 44.4 Å². The average molecular weight is 227 g/mol. The van der Waals surface area contributed by atoms with Crippen molar-refractivity contribution in [1.29, 1.82) is 0 Å². The molecule has 2 N–H and O–H groups in total. The summed E-state index contributed by atoms with van der Waals surface area (Å²) in [5.74, 6) is 0.155. The molecular formula is C12H25N3O. The molecule has 0 aromatic carbocycles. The van der Waals surface area contributed by atoms with Gasteiger partial charge >= 0.3 is 0 Å². The largest absolute Gasteiger partial charge is 0.355 e. The molecule has 1 saturated heterocycles. The van der Waals surface area contributed by atoms with Crippen molar-refractivity contribution in [1.82, 2.24) is 15.5 Å². The number of piperidine rings is 1. The molecule has 1 atom stereocenters. The van der Waals surface area contributed by atoms with Gasteiger partial charge in [-0.25, -0.2) is 0 Å². The van der Waals surface area contributed by atoms with Gasteiger partial charge in [-0.2, -0.15) is 0 Å². The predicted molar refractivity (Wildman–Crippen MR) is 66.4 cm³/mol. The van der Waals surface area contributed by atoms with E-state index in [1.165, 1.54) is 0 Å². The summed E-state index contributed by atoms with van der Waals surface area (Å²) in [5.41, 5.74) is 0. The van der Waals surface area contributed by atoms with E-state index in [4.69, 9.17) is 0 Å². The molecule has 1 rings (SSSR count). The smallest absolute Gasteiger partial charge is 0.237 e. The Hall–Kier alpha value is -0.610. The van der Waals surface area contributed by atoms with Crippen LogP contribution in [0.25, 0.3) is 0 Å². The normalized spacial score (nSPS) is 19.8. The van der Waals surface area contributed by atoms with Crippen molar-refractivity contribution >= 4 is 5.91 Å². The molecule has 0 aliphatic carbocycles. The van der Waals surface area contributed by atoms with Gasteiger partial charge in [-0.05, 0) is 46.3 Å². The van der Waals surface area contributed by atoms with Gasteiger partial charge in [0, 0.05) is 12.6 Å². The first-order valence-corrected chi connectivity index (χ1v) is 6.37. The number of carbonyl (C=O) groups excluding carboxylic acids is 1. The number of nitrogens with one attached hydrogen (secondary N) is 2. The molecule has 0 aromatic heterocycles. The molecule has 0 spiro atoms. The molecule has 0 bridgehead atoms. The zero-order chi connectivity index (χ0) is 12.0. The minimum atomic E-state index is -0.0188. The molecule has 4 nitrogen and oxygen atoms in total. The monoisotopic (exact) mass is 227 g/mol. The van der Waals surface area contributed by atoms with Crippen molar-refractivity contribution in [3.8, 4) is 0 Å². The lowest BCUT2D eigenvalue weighted by atomic mass is 10.0. The third-order valence-electron chi connectivity index (χ3n) is 3.42. The Balaban J connectivity index is 2.38. The fourth-order valence-corrected chi connectivity index (χ4v) is 2.11. The van der Waals surface area contributed by atoms with Crippen LogP contribution in [0.15, 0.2) is 0 Å². The summed E-state index contributed by atoms with van der Waals surface area (Å²) < 4.78 is 0. The van der Waals surface area contributed by atoms with Crippen LogP contribution in [0.5, 0.6) is 0 Å². The number of nitrogens with zero attached hydrogens (tertiary/aromatic N) is 1. The third kappa shape index (κ3) is 3.76. The summed E-state index contributed by atoms with van der Waals surface area (Å²) in [4.78, 5) is 14.0. The Morgan fingerprint density at radius 1 is 1.50 bits per heavy atom. The highest BCUT2D eigenvalue weighted by Crippen LogP contribution is 2.12. The van der Waals surface area contributed by atoms with Crippen molar-refractivity contribution in [2.45, 2.75) is 45.2 Å². The minimum absolute atomic E-state index is 0.0188. The summed E-state index contributed by atoms with van der Waals surface area (Å²) in [7, 11) is 2.06. The van der Waals surface area contributed by atoms with Crippen molar-refractivity contribution in [3.05, 3.63) is 0 Å². The van der Waals surface area contributed by atoms with Gasteiger partial charge in [0.05, 0.1) is 6.04 Å². The number of hydrogen-bond acceptors (Lipinski definition) is 3. The maximum absolute atomic E-state index is 11.8. The van der Waals surface area contributed by atoms with Crippen molar-refractivity contribution < 1.29 is 4.79 Å². The first kappa shape index (κ1) is 13.5. The predicted octanol–water partition coefficient (Wildman–Crippen LogP) is 0.585. The van der Waals surface area contributed by atoms with Crippen molar-refractivity contribution in [2.24, 2.45) is 0 Å². The minimum Gasteiger partial charge on any atom is -0.355 e. The maximum Gasteiger partial charge on any atom is 0.237 e.